The number of nitrogens with zero attached hydrogens (tertiary/aromatic N) is 1. The highest BCUT2D eigenvalue weighted by atomic mass is 16.3. The molecule has 0 bridgehead atoms. The second-order valence-corrected chi connectivity index (χ2v) is 5.83. The van der Waals surface area contributed by atoms with E-state index in [1.54, 1.807) is 0 Å². The Balaban J connectivity index is 1.85. The molecule has 22 heavy (non-hydrogen) atoms. The molecule has 1 N–H and O–H groups in total. The number of carbonyl (C=O) groups excluding carboxylic acids is 1. The number of hydrogen-bond acceptors (Lipinski definition) is 3. The first-order valence-electron chi connectivity index (χ1n) is 7.54. The van der Waals surface area contributed by atoms with Crippen molar-refractivity contribution in [3.8, 4) is 0 Å². The minimum atomic E-state index is 0.00737. The van der Waals surface area contributed by atoms with E-state index in [1.165, 1.54) is 5.56 Å². The second-order valence-electron chi connectivity index (χ2n) is 5.83. The Hall–Kier alpha value is -2.07. The van der Waals surface area contributed by atoms with Crippen molar-refractivity contribution in [1.29, 1.82) is 0 Å². The molecular formula is C18H24N2O2. The molecule has 0 aliphatic heterocycles. The van der Waals surface area contributed by atoms with Crippen molar-refractivity contribution in [2.45, 2.75) is 33.4 Å². The second kappa shape index (κ2) is 7.27. The smallest absolute Gasteiger partial charge is 0.234 e. The van der Waals surface area contributed by atoms with E-state index in [0.717, 1.165) is 17.1 Å². The largest absolute Gasteiger partial charge is 0.465 e. The molecular weight excluding hydrogens is 276 g/mol. The van der Waals surface area contributed by atoms with Crippen molar-refractivity contribution in [3.05, 3.63) is 59.0 Å². The molecule has 0 radical (unpaired) electrons. The van der Waals surface area contributed by atoms with Crippen LogP contribution in [0.3, 0.4) is 0 Å². The van der Waals surface area contributed by atoms with Crippen LogP contribution in [0.5, 0.6) is 0 Å². The summed E-state index contributed by atoms with van der Waals surface area (Å²) in [6, 6.07) is 12.0. The molecule has 2 aromatic rings. The van der Waals surface area contributed by atoms with Crippen LogP contribution in [0.2, 0.25) is 0 Å². The van der Waals surface area contributed by atoms with Crippen LogP contribution in [0.25, 0.3) is 0 Å². The predicted molar refractivity (Wildman–Crippen MR) is 87.5 cm³/mol. The molecule has 0 saturated carbocycles. The molecule has 0 aliphatic rings. The SMILES string of the molecule is Cc1ccc(CN(C)CC(=O)N[C@H](C)c2ccccc2C)o1. The van der Waals surface area contributed by atoms with Crippen molar-refractivity contribution >= 4 is 5.91 Å². The standard InChI is InChI=1S/C18H24N2O2/c1-13-7-5-6-8-17(13)15(3)19-18(21)12-20(4)11-16-10-9-14(2)22-16/h5-10,15H,11-12H2,1-4H3,(H,19,21)/t15-/m1/s1. The van der Waals surface area contributed by atoms with Gasteiger partial charge in [-0.05, 0) is 51.1 Å². The average molecular weight is 300 g/mol. The quantitative estimate of drug-likeness (QED) is 0.891. The summed E-state index contributed by atoms with van der Waals surface area (Å²) in [5.41, 5.74) is 2.34. The molecule has 0 spiro atoms. The van der Waals surface area contributed by atoms with Gasteiger partial charge < -0.3 is 9.73 Å². The van der Waals surface area contributed by atoms with Crippen molar-refractivity contribution in [2.75, 3.05) is 13.6 Å². The molecule has 1 amide bonds. The van der Waals surface area contributed by atoms with Crippen molar-refractivity contribution in [2.24, 2.45) is 0 Å². The van der Waals surface area contributed by atoms with E-state index in [9.17, 15) is 4.79 Å². The van der Waals surface area contributed by atoms with Crippen LogP contribution in [-0.2, 0) is 11.3 Å². The minimum Gasteiger partial charge on any atom is -0.465 e. The van der Waals surface area contributed by atoms with Gasteiger partial charge in [0.1, 0.15) is 11.5 Å². The van der Waals surface area contributed by atoms with Gasteiger partial charge in [-0.25, -0.2) is 0 Å². The molecule has 118 valence electrons. The van der Waals surface area contributed by atoms with Gasteiger partial charge in [-0.2, -0.15) is 0 Å². The van der Waals surface area contributed by atoms with Gasteiger partial charge in [0.15, 0.2) is 0 Å². The Labute approximate surface area is 132 Å². The molecule has 1 aromatic heterocycles. The van der Waals surface area contributed by atoms with E-state index < -0.39 is 0 Å². The van der Waals surface area contributed by atoms with Crippen LogP contribution in [0, 0.1) is 13.8 Å². The van der Waals surface area contributed by atoms with E-state index in [2.05, 4.69) is 24.4 Å². The Morgan fingerprint density at radius 1 is 1.23 bits per heavy atom. The number of aryl methyl sites for hydroxylation is 2. The van der Waals surface area contributed by atoms with Crippen LogP contribution >= 0.6 is 0 Å². The molecule has 0 aliphatic carbocycles. The molecule has 0 unspecified atom stereocenters. The van der Waals surface area contributed by atoms with Crippen LogP contribution in [0.4, 0.5) is 0 Å². The Morgan fingerprint density at radius 3 is 2.59 bits per heavy atom. The minimum absolute atomic E-state index is 0.00737. The Morgan fingerprint density at radius 2 is 1.95 bits per heavy atom. The molecule has 1 atom stereocenters. The Kier molecular flexibility index (Phi) is 5.39. The van der Waals surface area contributed by atoms with Crippen molar-refractivity contribution < 1.29 is 9.21 Å². The van der Waals surface area contributed by atoms with Crippen LogP contribution < -0.4 is 5.32 Å². The maximum atomic E-state index is 12.2. The zero-order valence-corrected chi connectivity index (χ0v) is 13.7. The first kappa shape index (κ1) is 16.3. The maximum Gasteiger partial charge on any atom is 0.234 e. The lowest BCUT2D eigenvalue weighted by Gasteiger charge is -2.19. The number of rotatable bonds is 6. The first-order chi connectivity index (χ1) is 10.5. The lowest BCUT2D eigenvalue weighted by Crippen LogP contribution is -2.36. The molecule has 4 nitrogen and oxygen atoms in total. The number of likely N-dealkylation sites (N-methyl/N-ethyl adjacent to an activating group) is 1. The van der Waals surface area contributed by atoms with E-state index in [4.69, 9.17) is 4.42 Å². The van der Waals surface area contributed by atoms with Gasteiger partial charge in [0.2, 0.25) is 5.91 Å². The third kappa shape index (κ3) is 4.46. The highest BCUT2D eigenvalue weighted by Crippen LogP contribution is 2.16. The lowest BCUT2D eigenvalue weighted by molar-refractivity contribution is -0.122. The third-order valence-electron chi connectivity index (χ3n) is 3.67. The van der Waals surface area contributed by atoms with Gasteiger partial charge in [-0.15, -0.1) is 0 Å². The van der Waals surface area contributed by atoms with Crippen LogP contribution in [0.1, 0.15) is 35.6 Å². The Bertz CT molecular complexity index is 634. The van der Waals surface area contributed by atoms with Gasteiger partial charge in [0.25, 0.3) is 0 Å². The zero-order valence-electron chi connectivity index (χ0n) is 13.7. The summed E-state index contributed by atoms with van der Waals surface area (Å²) in [7, 11) is 1.91. The number of benzene rings is 1. The number of furan rings is 1. The number of nitrogens with one attached hydrogen (secondary N) is 1. The molecule has 0 saturated heterocycles. The van der Waals surface area contributed by atoms with Gasteiger partial charge in [-0.3, -0.25) is 9.69 Å². The summed E-state index contributed by atoms with van der Waals surface area (Å²) in [5.74, 6) is 1.78. The topological polar surface area (TPSA) is 45.5 Å². The number of hydrogen-bond donors (Lipinski definition) is 1. The molecule has 1 aromatic carbocycles. The van der Waals surface area contributed by atoms with Crippen LogP contribution in [-0.4, -0.2) is 24.4 Å². The average Bonchev–Trinajstić information content (AvgIpc) is 2.83. The fraction of sp³-hybridized carbons (Fsp3) is 0.389. The predicted octanol–water partition coefficient (Wildman–Crippen LogP) is 3.21. The summed E-state index contributed by atoms with van der Waals surface area (Å²) in [6.45, 7) is 6.95. The fourth-order valence-electron chi connectivity index (χ4n) is 2.57. The normalized spacial score (nSPS) is 12.4. The van der Waals surface area contributed by atoms with Gasteiger partial charge >= 0.3 is 0 Å². The highest BCUT2D eigenvalue weighted by molar-refractivity contribution is 5.78. The summed E-state index contributed by atoms with van der Waals surface area (Å²) in [5, 5.41) is 3.05. The molecule has 0 fully saturated rings. The van der Waals surface area contributed by atoms with E-state index >= 15 is 0 Å². The van der Waals surface area contributed by atoms with E-state index in [0.29, 0.717) is 13.1 Å². The van der Waals surface area contributed by atoms with Gasteiger partial charge in [-0.1, -0.05) is 24.3 Å². The molecule has 4 heteroatoms. The zero-order chi connectivity index (χ0) is 16.1. The third-order valence-corrected chi connectivity index (χ3v) is 3.67. The van der Waals surface area contributed by atoms with Crippen molar-refractivity contribution in [1.82, 2.24) is 10.2 Å². The lowest BCUT2D eigenvalue weighted by atomic mass is 10.0. The number of carbonyl (C=O) groups is 1. The monoisotopic (exact) mass is 300 g/mol. The first-order valence-corrected chi connectivity index (χ1v) is 7.54. The van der Waals surface area contributed by atoms with E-state index in [-0.39, 0.29) is 11.9 Å². The van der Waals surface area contributed by atoms with E-state index in [1.807, 2.05) is 50.1 Å². The fourth-order valence-corrected chi connectivity index (χ4v) is 2.57. The summed E-state index contributed by atoms with van der Waals surface area (Å²) < 4.78 is 5.53. The highest BCUT2D eigenvalue weighted by Gasteiger charge is 2.13. The summed E-state index contributed by atoms with van der Waals surface area (Å²) in [4.78, 5) is 14.1. The van der Waals surface area contributed by atoms with Crippen molar-refractivity contribution in [3.63, 3.8) is 0 Å². The van der Waals surface area contributed by atoms with Gasteiger partial charge in [0.05, 0.1) is 19.1 Å². The summed E-state index contributed by atoms with van der Waals surface area (Å²) in [6.07, 6.45) is 0. The van der Waals surface area contributed by atoms with Crippen LogP contribution in [0.15, 0.2) is 40.8 Å². The molecule has 1 heterocycles. The van der Waals surface area contributed by atoms with Gasteiger partial charge in [0, 0.05) is 0 Å². The number of amides is 1. The maximum absolute atomic E-state index is 12.2. The summed E-state index contributed by atoms with van der Waals surface area (Å²) >= 11 is 0. The molecule has 2 rings (SSSR count).